The number of Topliss-reactive ketones (excluding diaryl/α,β-unsaturated/α-hetero) is 1. The lowest BCUT2D eigenvalue weighted by Gasteiger charge is -2.16. The number of rotatable bonds is 7. The SMILES string of the molecule is Cc1cc(C(=O)CCC(=O)O[C@@H](C)C(=O)Nc2c(C)cccc2C)c(C)s1. The fourth-order valence-corrected chi connectivity index (χ4v) is 3.75. The standard InChI is InChI=1S/C21H25NO4S/c1-12-7-6-8-13(2)20(12)22-21(25)15(4)26-19(24)10-9-18(23)17-11-14(3)27-16(17)5/h6-8,11,15H,9-10H2,1-5H3,(H,22,25)/t15-/m0/s1. The predicted octanol–water partition coefficient (Wildman–Crippen LogP) is 4.52. The van der Waals surface area contributed by atoms with Crippen LogP contribution in [0.5, 0.6) is 0 Å². The Balaban J connectivity index is 1.87. The van der Waals surface area contributed by atoms with Gasteiger partial charge in [0.05, 0.1) is 6.42 Å². The first kappa shape index (κ1) is 20.8. The van der Waals surface area contributed by atoms with Crippen LogP contribution >= 0.6 is 11.3 Å². The smallest absolute Gasteiger partial charge is 0.307 e. The molecule has 1 heterocycles. The van der Waals surface area contributed by atoms with Crippen molar-refractivity contribution in [1.82, 2.24) is 0 Å². The first-order valence-electron chi connectivity index (χ1n) is 8.85. The Morgan fingerprint density at radius 3 is 2.26 bits per heavy atom. The Kier molecular flexibility index (Phi) is 6.91. The molecule has 0 radical (unpaired) electrons. The number of amides is 1. The number of aryl methyl sites for hydroxylation is 4. The number of carbonyl (C=O) groups is 3. The van der Waals surface area contributed by atoms with E-state index in [-0.39, 0.29) is 18.6 Å². The molecule has 1 aromatic carbocycles. The Labute approximate surface area is 163 Å². The van der Waals surface area contributed by atoms with E-state index in [1.807, 2.05) is 52.0 Å². The zero-order valence-corrected chi connectivity index (χ0v) is 17.2. The molecule has 0 aliphatic rings. The quantitative estimate of drug-likeness (QED) is 0.560. The van der Waals surface area contributed by atoms with Gasteiger partial charge in [0.15, 0.2) is 11.9 Å². The monoisotopic (exact) mass is 387 g/mol. The summed E-state index contributed by atoms with van der Waals surface area (Å²) in [5, 5.41) is 2.80. The number of thiophene rings is 1. The zero-order valence-electron chi connectivity index (χ0n) is 16.3. The van der Waals surface area contributed by atoms with E-state index in [0.717, 1.165) is 26.6 Å². The van der Waals surface area contributed by atoms with Gasteiger partial charge in [0.2, 0.25) is 0 Å². The first-order chi connectivity index (χ1) is 12.7. The van der Waals surface area contributed by atoms with Crippen molar-refractivity contribution in [2.45, 2.75) is 53.6 Å². The lowest BCUT2D eigenvalue weighted by molar-refractivity contribution is -0.153. The van der Waals surface area contributed by atoms with Gasteiger partial charge in [0.25, 0.3) is 5.91 Å². The molecule has 27 heavy (non-hydrogen) atoms. The van der Waals surface area contributed by atoms with Gasteiger partial charge in [0, 0.05) is 27.4 Å². The van der Waals surface area contributed by atoms with Crippen molar-refractivity contribution in [3.63, 3.8) is 0 Å². The number of para-hydroxylation sites is 1. The molecule has 0 saturated carbocycles. The Morgan fingerprint density at radius 2 is 1.70 bits per heavy atom. The Bertz CT molecular complexity index is 849. The van der Waals surface area contributed by atoms with Crippen molar-refractivity contribution in [1.29, 1.82) is 0 Å². The van der Waals surface area contributed by atoms with Gasteiger partial charge in [-0.2, -0.15) is 0 Å². The normalized spacial score (nSPS) is 11.7. The van der Waals surface area contributed by atoms with Crippen LogP contribution in [0, 0.1) is 27.7 Å². The molecule has 1 N–H and O–H groups in total. The van der Waals surface area contributed by atoms with E-state index in [4.69, 9.17) is 4.74 Å². The Hall–Kier alpha value is -2.47. The van der Waals surface area contributed by atoms with Crippen LogP contribution in [-0.4, -0.2) is 23.8 Å². The maximum atomic E-state index is 12.3. The van der Waals surface area contributed by atoms with Crippen molar-refractivity contribution >= 4 is 34.7 Å². The fraction of sp³-hybridized carbons (Fsp3) is 0.381. The molecule has 0 fully saturated rings. The molecule has 144 valence electrons. The molecule has 0 aliphatic carbocycles. The zero-order chi connectivity index (χ0) is 20.1. The molecule has 0 bridgehead atoms. The van der Waals surface area contributed by atoms with Crippen LogP contribution in [0.15, 0.2) is 24.3 Å². The third kappa shape index (κ3) is 5.50. The van der Waals surface area contributed by atoms with E-state index in [9.17, 15) is 14.4 Å². The minimum atomic E-state index is -0.934. The summed E-state index contributed by atoms with van der Waals surface area (Å²) < 4.78 is 5.19. The molecular formula is C21H25NO4S. The second-order valence-electron chi connectivity index (χ2n) is 6.64. The van der Waals surface area contributed by atoms with Crippen molar-refractivity contribution in [3.8, 4) is 0 Å². The topological polar surface area (TPSA) is 72.5 Å². The molecule has 5 nitrogen and oxygen atoms in total. The molecular weight excluding hydrogens is 362 g/mol. The molecule has 2 rings (SSSR count). The van der Waals surface area contributed by atoms with Crippen molar-refractivity contribution < 1.29 is 19.1 Å². The highest BCUT2D eigenvalue weighted by Crippen LogP contribution is 2.22. The lowest BCUT2D eigenvalue weighted by atomic mass is 10.1. The number of hydrogen-bond acceptors (Lipinski definition) is 5. The summed E-state index contributed by atoms with van der Waals surface area (Å²) in [5.74, 6) is -1.03. The molecule has 0 aliphatic heterocycles. The van der Waals surface area contributed by atoms with Crippen LogP contribution in [0.4, 0.5) is 5.69 Å². The summed E-state index contributed by atoms with van der Waals surface area (Å²) in [7, 11) is 0. The van der Waals surface area contributed by atoms with Crippen LogP contribution in [0.1, 0.15) is 51.0 Å². The van der Waals surface area contributed by atoms with E-state index in [2.05, 4.69) is 5.32 Å². The van der Waals surface area contributed by atoms with Crippen LogP contribution < -0.4 is 5.32 Å². The summed E-state index contributed by atoms with van der Waals surface area (Å²) in [6.45, 7) is 9.16. The Morgan fingerprint density at radius 1 is 1.07 bits per heavy atom. The van der Waals surface area contributed by atoms with Crippen LogP contribution in [0.3, 0.4) is 0 Å². The number of ether oxygens (including phenoxy) is 1. The average molecular weight is 388 g/mol. The molecule has 2 aromatic rings. The minimum absolute atomic E-state index is 0.0474. The number of nitrogens with one attached hydrogen (secondary N) is 1. The van der Waals surface area contributed by atoms with Crippen LogP contribution in [0.2, 0.25) is 0 Å². The van der Waals surface area contributed by atoms with Gasteiger partial charge >= 0.3 is 5.97 Å². The molecule has 1 atom stereocenters. The number of carbonyl (C=O) groups excluding carboxylic acids is 3. The van der Waals surface area contributed by atoms with Gasteiger partial charge in [-0.25, -0.2) is 0 Å². The highest BCUT2D eigenvalue weighted by Gasteiger charge is 2.20. The summed E-state index contributed by atoms with van der Waals surface area (Å²) in [5.41, 5.74) is 3.26. The number of anilines is 1. The molecule has 0 spiro atoms. The van der Waals surface area contributed by atoms with Crippen LogP contribution in [-0.2, 0) is 14.3 Å². The van der Waals surface area contributed by atoms with Gasteiger partial charge in [0.1, 0.15) is 0 Å². The van der Waals surface area contributed by atoms with E-state index in [0.29, 0.717) is 5.56 Å². The summed E-state index contributed by atoms with van der Waals surface area (Å²) in [6, 6.07) is 7.56. The van der Waals surface area contributed by atoms with E-state index in [1.165, 1.54) is 6.92 Å². The van der Waals surface area contributed by atoms with Gasteiger partial charge in [-0.05, 0) is 51.8 Å². The number of esters is 1. The summed E-state index contributed by atoms with van der Waals surface area (Å²) in [6.07, 6.45) is -0.910. The maximum Gasteiger partial charge on any atom is 0.307 e. The third-order valence-electron chi connectivity index (χ3n) is 4.30. The second kappa shape index (κ2) is 8.95. The first-order valence-corrected chi connectivity index (χ1v) is 9.67. The van der Waals surface area contributed by atoms with Gasteiger partial charge in [-0.1, -0.05) is 18.2 Å². The average Bonchev–Trinajstić information content (AvgIpc) is 2.94. The molecule has 0 unspecified atom stereocenters. The van der Waals surface area contributed by atoms with E-state index < -0.39 is 18.0 Å². The maximum absolute atomic E-state index is 12.3. The predicted molar refractivity (Wildman–Crippen MR) is 107 cm³/mol. The molecule has 0 saturated heterocycles. The van der Waals surface area contributed by atoms with Gasteiger partial charge in [-0.15, -0.1) is 11.3 Å². The fourth-order valence-electron chi connectivity index (χ4n) is 2.80. The number of ketones is 1. The van der Waals surface area contributed by atoms with Crippen molar-refractivity contribution in [2.75, 3.05) is 5.32 Å². The minimum Gasteiger partial charge on any atom is -0.453 e. The summed E-state index contributed by atoms with van der Waals surface area (Å²) >= 11 is 1.56. The largest absolute Gasteiger partial charge is 0.453 e. The van der Waals surface area contributed by atoms with Gasteiger partial charge in [-0.3, -0.25) is 14.4 Å². The third-order valence-corrected chi connectivity index (χ3v) is 5.27. The number of hydrogen-bond donors (Lipinski definition) is 1. The summed E-state index contributed by atoms with van der Waals surface area (Å²) in [4.78, 5) is 38.6. The highest BCUT2D eigenvalue weighted by atomic mass is 32.1. The highest BCUT2D eigenvalue weighted by molar-refractivity contribution is 7.12. The van der Waals surface area contributed by atoms with E-state index >= 15 is 0 Å². The van der Waals surface area contributed by atoms with Crippen molar-refractivity contribution in [2.24, 2.45) is 0 Å². The van der Waals surface area contributed by atoms with Crippen LogP contribution in [0.25, 0.3) is 0 Å². The lowest BCUT2D eigenvalue weighted by Crippen LogP contribution is -2.30. The molecule has 1 aromatic heterocycles. The number of benzene rings is 1. The van der Waals surface area contributed by atoms with Gasteiger partial charge < -0.3 is 10.1 Å². The van der Waals surface area contributed by atoms with E-state index in [1.54, 1.807) is 11.3 Å². The molecule has 6 heteroatoms. The molecule has 1 amide bonds. The second-order valence-corrected chi connectivity index (χ2v) is 8.10. The van der Waals surface area contributed by atoms with Crippen molar-refractivity contribution in [3.05, 3.63) is 50.7 Å².